The molecule has 0 amide bonds. The Balaban J connectivity index is -0.000000528. The van der Waals surface area contributed by atoms with Crippen LogP contribution in [0.2, 0.25) is 0 Å². The predicted octanol–water partition coefficient (Wildman–Crippen LogP) is 0.568. The van der Waals surface area contributed by atoms with Gasteiger partial charge in [0.1, 0.15) is 25.3 Å². The van der Waals surface area contributed by atoms with Crippen molar-refractivity contribution in [1.29, 1.82) is 0 Å². The van der Waals surface area contributed by atoms with Crippen LogP contribution in [0.4, 0.5) is 0 Å². The fraction of sp³-hybridized carbons (Fsp3) is 0.750. The minimum absolute atomic E-state index is 0.312. The van der Waals surface area contributed by atoms with Crippen LogP contribution in [0.1, 0.15) is 40.5 Å². The summed E-state index contributed by atoms with van der Waals surface area (Å²) in [5.74, 6) is -0.665. The highest BCUT2D eigenvalue weighted by Crippen LogP contribution is 2.04. The van der Waals surface area contributed by atoms with Crippen LogP contribution in [0.3, 0.4) is 0 Å². The van der Waals surface area contributed by atoms with Crippen molar-refractivity contribution in [3.05, 3.63) is 24.3 Å². The molecule has 12 nitrogen and oxygen atoms in total. The predicted molar refractivity (Wildman–Crippen MR) is 138 cm³/mol. The van der Waals surface area contributed by atoms with E-state index in [0.29, 0.717) is 37.4 Å². The number of carbonyl (C=O) groups excluding carboxylic acids is 2. The lowest BCUT2D eigenvalue weighted by Gasteiger charge is -2.30. The molecule has 0 radical (unpaired) electrons. The number of ether oxygens (including phenoxy) is 2. The number of rotatable bonds is 14. The molecular formula is C24H48N2O10S. The summed E-state index contributed by atoms with van der Waals surface area (Å²) >= 11 is 0. The topological polar surface area (TPSA) is 173 Å². The number of esters is 2. The second-order valence-electron chi connectivity index (χ2n) is 10.3. The molecule has 0 aliphatic heterocycles. The van der Waals surface area contributed by atoms with E-state index in [1.54, 1.807) is 27.7 Å². The smallest absolute Gasteiger partial charge is 0.333 e. The molecule has 0 spiro atoms. The molecule has 0 rings (SSSR count). The minimum atomic E-state index is -5.17. The van der Waals surface area contributed by atoms with Crippen molar-refractivity contribution in [3.8, 4) is 0 Å². The second-order valence-corrected chi connectivity index (χ2v) is 11.1. The van der Waals surface area contributed by atoms with E-state index in [1.807, 2.05) is 28.2 Å². The van der Waals surface area contributed by atoms with Gasteiger partial charge in [0.05, 0.1) is 54.5 Å². The van der Waals surface area contributed by atoms with E-state index in [-0.39, 0.29) is 24.1 Å². The zero-order valence-corrected chi connectivity index (χ0v) is 24.5. The first-order valence-electron chi connectivity index (χ1n) is 11.8. The number of hydrogen-bond donors (Lipinski definition) is 2. The molecule has 0 aromatic rings. The number of aliphatic hydroxyl groups excluding tert-OH is 2. The van der Waals surface area contributed by atoms with Crippen molar-refractivity contribution in [2.75, 3.05) is 67.6 Å². The summed E-state index contributed by atoms with van der Waals surface area (Å²) in [5, 5.41) is 18.6. The largest absolute Gasteiger partial charge is 0.759 e. The van der Waals surface area contributed by atoms with E-state index in [4.69, 9.17) is 27.0 Å². The van der Waals surface area contributed by atoms with Gasteiger partial charge in [-0.15, -0.1) is 0 Å². The van der Waals surface area contributed by atoms with Crippen LogP contribution in [0.5, 0.6) is 0 Å². The number of quaternary nitrogens is 2. The molecule has 0 fully saturated rings. The highest BCUT2D eigenvalue weighted by atomic mass is 32.3. The Hall–Kier alpha value is -1.87. The van der Waals surface area contributed by atoms with Gasteiger partial charge in [-0.05, 0) is 27.7 Å². The third kappa shape index (κ3) is 34.1. The lowest BCUT2D eigenvalue weighted by atomic mass is 10.3. The van der Waals surface area contributed by atoms with Gasteiger partial charge in [-0.1, -0.05) is 13.2 Å². The molecule has 2 unspecified atom stereocenters. The Morgan fingerprint density at radius 2 is 1.03 bits per heavy atom. The summed E-state index contributed by atoms with van der Waals surface area (Å²) in [5.41, 5.74) is 0.857. The van der Waals surface area contributed by atoms with Gasteiger partial charge < -0.3 is 37.8 Å². The van der Waals surface area contributed by atoms with E-state index >= 15 is 0 Å². The molecule has 0 aliphatic rings. The number of hydrogen-bond acceptors (Lipinski definition) is 10. The van der Waals surface area contributed by atoms with Gasteiger partial charge in [-0.25, -0.2) is 9.59 Å². The Labute approximate surface area is 222 Å². The van der Waals surface area contributed by atoms with Crippen LogP contribution < -0.4 is 0 Å². The molecule has 37 heavy (non-hydrogen) atoms. The molecule has 0 saturated heterocycles. The Kier molecular flexibility index (Phi) is 20.6. The maximum Gasteiger partial charge on any atom is 0.333 e. The summed E-state index contributed by atoms with van der Waals surface area (Å²) in [7, 11) is 3.03. The van der Waals surface area contributed by atoms with Crippen molar-refractivity contribution in [2.24, 2.45) is 0 Å². The van der Waals surface area contributed by atoms with Gasteiger partial charge >= 0.3 is 11.9 Å². The summed E-state index contributed by atoms with van der Waals surface area (Å²) in [4.78, 5) is 22.2. The zero-order chi connectivity index (χ0) is 30.0. The van der Waals surface area contributed by atoms with Crippen LogP contribution in [0.15, 0.2) is 24.3 Å². The van der Waals surface area contributed by atoms with Gasteiger partial charge in [0.25, 0.3) is 0 Å². The zero-order valence-electron chi connectivity index (χ0n) is 23.7. The molecule has 13 heteroatoms. The maximum atomic E-state index is 11.1. The quantitative estimate of drug-likeness (QED) is 0.0769. The normalized spacial score (nSPS) is 13.1. The van der Waals surface area contributed by atoms with Crippen molar-refractivity contribution >= 4 is 22.3 Å². The number of likely N-dealkylation sites (N-methyl/N-ethyl adjacent to an activating group) is 2. The van der Waals surface area contributed by atoms with Crippen molar-refractivity contribution < 1.29 is 55.8 Å². The van der Waals surface area contributed by atoms with E-state index in [0.717, 1.165) is 34.9 Å². The maximum absolute atomic E-state index is 11.1. The van der Waals surface area contributed by atoms with Crippen LogP contribution >= 0.6 is 0 Å². The summed E-state index contributed by atoms with van der Waals surface area (Å²) in [6, 6.07) is 0. The Bertz CT molecular complexity index is 746. The molecule has 0 heterocycles. The number of aliphatic hydroxyl groups is 2. The lowest BCUT2D eigenvalue weighted by Crippen LogP contribution is -2.45. The molecule has 2 atom stereocenters. The summed E-state index contributed by atoms with van der Waals surface area (Å²) in [6.45, 7) is 17.8. The van der Waals surface area contributed by atoms with Crippen molar-refractivity contribution in [2.45, 2.75) is 52.7 Å². The van der Waals surface area contributed by atoms with Crippen molar-refractivity contribution in [3.63, 3.8) is 0 Å². The minimum Gasteiger partial charge on any atom is -0.759 e. The van der Waals surface area contributed by atoms with E-state index in [1.165, 1.54) is 0 Å². The highest BCUT2D eigenvalue weighted by molar-refractivity contribution is 7.79. The molecular weight excluding hydrogens is 508 g/mol. The first kappa shape index (κ1) is 39.6. The fourth-order valence-electron chi connectivity index (χ4n) is 3.17. The monoisotopic (exact) mass is 556 g/mol. The Morgan fingerprint density at radius 3 is 1.22 bits per heavy atom. The molecule has 0 aliphatic carbocycles. The SMILES string of the molecule is C=C(C)C(=O)OCCC[N+](C)(C)CC(C)O.C=C(C)C(=O)OCCC[N+](C)(C)CC(C)O.O=S(=O)([O-])[O-]. The fourth-order valence-corrected chi connectivity index (χ4v) is 3.17. The summed E-state index contributed by atoms with van der Waals surface area (Å²) in [6.07, 6.45) is 0.957. The summed E-state index contributed by atoms with van der Waals surface area (Å²) < 4.78 is 45.5. The Morgan fingerprint density at radius 1 is 0.784 bits per heavy atom. The lowest BCUT2D eigenvalue weighted by molar-refractivity contribution is -0.893. The average Bonchev–Trinajstić information content (AvgIpc) is 2.65. The average molecular weight is 557 g/mol. The number of nitrogens with zero attached hydrogens (tertiary/aromatic N) is 2. The molecule has 0 saturated carbocycles. The molecule has 0 bridgehead atoms. The van der Waals surface area contributed by atoms with Gasteiger partial charge in [-0.3, -0.25) is 8.42 Å². The second kappa shape index (κ2) is 19.2. The van der Waals surface area contributed by atoms with Gasteiger partial charge in [-0.2, -0.15) is 0 Å². The van der Waals surface area contributed by atoms with Crippen LogP contribution in [0, 0.1) is 0 Å². The van der Waals surface area contributed by atoms with Gasteiger partial charge in [0.15, 0.2) is 0 Å². The molecule has 0 aromatic carbocycles. The van der Waals surface area contributed by atoms with Gasteiger partial charge in [0.2, 0.25) is 0 Å². The first-order chi connectivity index (χ1) is 16.5. The van der Waals surface area contributed by atoms with Crippen molar-refractivity contribution in [1.82, 2.24) is 0 Å². The molecule has 0 aromatic heterocycles. The molecule has 2 N–H and O–H groups in total. The van der Waals surface area contributed by atoms with Gasteiger partial charge in [0, 0.05) is 34.4 Å². The number of carbonyl (C=O) groups is 2. The van der Waals surface area contributed by atoms with Crippen LogP contribution in [-0.4, -0.2) is 128 Å². The third-order valence-electron chi connectivity index (χ3n) is 4.50. The standard InChI is InChI=1S/2C12H24NO3.H2O4S/c2*1-10(2)12(15)16-8-6-7-13(4,5)9-11(3)14;1-5(2,3)4/h2*11,14H,1,6-9H2,2-5H3;(H2,1,2,3,4)/q2*+1;/p-2. The highest BCUT2D eigenvalue weighted by Gasteiger charge is 2.18. The van der Waals surface area contributed by atoms with E-state index < -0.39 is 10.4 Å². The van der Waals surface area contributed by atoms with Crippen LogP contribution in [-0.2, 0) is 29.5 Å². The van der Waals surface area contributed by atoms with E-state index in [9.17, 15) is 19.8 Å². The third-order valence-corrected chi connectivity index (χ3v) is 4.50. The first-order valence-corrected chi connectivity index (χ1v) is 13.1. The van der Waals surface area contributed by atoms with E-state index in [2.05, 4.69) is 13.2 Å². The van der Waals surface area contributed by atoms with Crippen LogP contribution in [0.25, 0.3) is 0 Å². The molecule has 220 valence electrons.